The summed E-state index contributed by atoms with van der Waals surface area (Å²) in [6.07, 6.45) is 2.50. The number of nitrogens with one attached hydrogen (secondary N) is 2. The smallest absolute Gasteiger partial charge is 0.274 e. The van der Waals surface area contributed by atoms with Crippen LogP contribution in [0, 0.1) is 0 Å². The van der Waals surface area contributed by atoms with Gasteiger partial charge in [0.2, 0.25) is 5.95 Å². The lowest BCUT2D eigenvalue weighted by Crippen LogP contribution is -2.14. The maximum absolute atomic E-state index is 12.4. The Bertz CT molecular complexity index is 951. The number of aryl methyl sites for hydroxylation is 1. The fourth-order valence-electron chi connectivity index (χ4n) is 2.48. The van der Waals surface area contributed by atoms with Gasteiger partial charge in [0.1, 0.15) is 5.69 Å². The van der Waals surface area contributed by atoms with Crippen LogP contribution in [0.2, 0.25) is 0 Å². The van der Waals surface area contributed by atoms with Gasteiger partial charge < -0.3 is 10.6 Å². The topological polar surface area (TPSA) is 84.0 Å². The van der Waals surface area contributed by atoms with E-state index < -0.39 is 0 Å². The van der Waals surface area contributed by atoms with E-state index in [0.29, 0.717) is 17.2 Å². The summed E-state index contributed by atoms with van der Waals surface area (Å²) in [5, 5.41) is 5.86. The van der Waals surface area contributed by atoms with Gasteiger partial charge in [0.05, 0.1) is 0 Å². The zero-order valence-electron chi connectivity index (χ0n) is 15.2. The van der Waals surface area contributed by atoms with Crippen molar-refractivity contribution in [3.8, 4) is 0 Å². The Hall–Kier alpha value is -3.54. The molecule has 1 amide bonds. The molecule has 27 heavy (non-hydrogen) atoms. The van der Waals surface area contributed by atoms with Crippen molar-refractivity contribution in [3.05, 3.63) is 77.6 Å². The molecule has 0 spiro atoms. The molecule has 1 aromatic heterocycles. The molecule has 2 aromatic carbocycles. The summed E-state index contributed by atoms with van der Waals surface area (Å²) in [6.45, 7) is 3.60. The maximum Gasteiger partial charge on any atom is 0.274 e. The SMILES string of the molecule is CCc1ccc(Nc2nccc(C(=O)Nc3ccc(C(C)=O)cc3)n2)cc1. The highest BCUT2D eigenvalue weighted by molar-refractivity contribution is 6.03. The van der Waals surface area contributed by atoms with E-state index >= 15 is 0 Å². The zero-order chi connectivity index (χ0) is 19.2. The van der Waals surface area contributed by atoms with Crippen molar-refractivity contribution in [1.29, 1.82) is 0 Å². The number of aromatic nitrogens is 2. The average Bonchev–Trinajstić information content (AvgIpc) is 2.69. The number of nitrogens with zero attached hydrogens (tertiary/aromatic N) is 2. The molecule has 1 heterocycles. The third kappa shape index (κ3) is 4.76. The maximum atomic E-state index is 12.4. The molecule has 3 aromatic rings. The lowest BCUT2D eigenvalue weighted by atomic mass is 10.1. The number of Topliss-reactive ketones (excluding diaryl/α,β-unsaturated/α-hetero) is 1. The van der Waals surface area contributed by atoms with Crippen LogP contribution in [0.4, 0.5) is 17.3 Å². The average molecular weight is 360 g/mol. The third-order valence-corrected chi connectivity index (χ3v) is 4.06. The van der Waals surface area contributed by atoms with E-state index in [-0.39, 0.29) is 17.4 Å². The minimum Gasteiger partial charge on any atom is -0.324 e. The first kappa shape index (κ1) is 18.3. The molecular formula is C21H20N4O2. The Labute approximate surface area is 157 Å². The van der Waals surface area contributed by atoms with Crippen LogP contribution in [0.25, 0.3) is 0 Å². The molecule has 136 valence electrons. The van der Waals surface area contributed by atoms with Gasteiger partial charge in [-0.15, -0.1) is 0 Å². The van der Waals surface area contributed by atoms with Gasteiger partial charge in [-0.1, -0.05) is 19.1 Å². The second-order valence-corrected chi connectivity index (χ2v) is 6.03. The van der Waals surface area contributed by atoms with Crippen LogP contribution in [-0.2, 0) is 6.42 Å². The number of ketones is 1. The van der Waals surface area contributed by atoms with E-state index in [1.54, 1.807) is 30.3 Å². The predicted octanol–water partition coefficient (Wildman–Crippen LogP) is 4.24. The lowest BCUT2D eigenvalue weighted by molar-refractivity contribution is 0.101. The second-order valence-electron chi connectivity index (χ2n) is 6.03. The summed E-state index contributed by atoms with van der Waals surface area (Å²) in [5.41, 5.74) is 3.52. The van der Waals surface area contributed by atoms with Crippen LogP contribution in [0.5, 0.6) is 0 Å². The Kier molecular flexibility index (Phi) is 5.56. The minimum absolute atomic E-state index is 0.0219. The van der Waals surface area contributed by atoms with Gasteiger partial charge in [0.25, 0.3) is 5.91 Å². The molecule has 0 aliphatic heterocycles. The Morgan fingerprint density at radius 2 is 1.59 bits per heavy atom. The van der Waals surface area contributed by atoms with Crippen molar-refractivity contribution in [1.82, 2.24) is 9.97 Å². The molecule has 6 heteroatoms. The van der Waals surface area contributed by atoms with E-state index in [1.807, 2.05) is 24.3 Å². The normalized spacial score (nSPS) is 10.3. The number of rotatable bonds is 6. The van der Waals surface area contributed by atoms with Crippen molar-refractivity contribution >= 4 is 29.0 Å². The van der Waals surface area contributed by atoms with Crippen LogP contribution in [0.1, 0.15) is 40.3 Å². The highest BCUT2D eigenvalue weighted by Gasteiger charge is 2.10. The second kappa shape index (κ2) is 8.23. The molecule has 0 unspecified atom stereocenters. The van der Waals surface area contributed by atoms with E-state index in [0.717, 1.165) is 12.1 Å². The van der Waals surface area contributed by atoms with Gasteiger partial charge >= 0.3 is 0 Å². The van der Waals surface area contributed by atoms with Crippen LogP contribution >= 0.6 is 0 Å². The van der Waals surface area contributed by atoms with Gasteiger partial charge in [-0.05, 0) is 61.4 Å². The molecule has 6 nitrogen and oxygen atoms in total. The van der Waals surface area contributed by atoms with Gasteiger partial charge in [-0.2, -0.15) is 0 Å². The van der Waals surface area contributed by atoms with Crippen LogP contribution in [0.15, 0.2) is 60.8 Å². The third-order valence-electron chi connectivity index (χ3n) is 4.06. The quantitative estimate of drug-likeness (QED) is 0.643. The minimum atomic E-state index is -0.350. The van der Waals surface area contributed by atoms with Gasteiger partial charge in [-0.25, -0.2) is 9.97 Å². The number of hydrogen-bond donors (Lipinski definition) is 2. The van der Waals surface area contributed by atoms with E-state index in [1.165, 1.54) is 18.7 Å². The largest absolute Gasteiger partial charge is 0.324 e. The molecule has 3 rings (SSSR count). The molecule has 0 fully saturated rings. The number of anilines is 3. The number of carbonyl (C=O) groups is 2. The molecule has 0 aliphatic rings. The van der Waals surface area contributed by atoms with Crippen molar-refractivity contribution in [2.45, 2.75) is 20.3 Å². The molecular weight excluding hydrogens is 340 g/mol. The first-order chi connectivity index (χ1) is 13.0. The van der Waals surface area contributed by atoms with Gasteiger partial charge in [0, 0.05) is 23.1 Å². The van der Waals surface area contributed by atoms with Gasteiger partial charge in [-0.3, -0.25) is 9.59 Å². The zero-order valence-corrected chi connectivity index (χ0v) is 15.2. The molecule has 0 aliphatic carbocycles. The lowest BCUT2D eigenvalue weighted by Gasteiger charge is -2.08. The predicted molar refractivity (Wildman–Crippen MR) is 106 cm³/mol. The summed E-state index contributed by atoms with van der Waals surface area (Å²) >= 11 is 0. The summed E-state index contributed by atoms with van der Waals surface area (Å²) in [6, 6.07) is 16.2. The van der Waals surface area contributed by atoms with E-state index in [4.69, 9.17) is 0 Å². The molecule has 0 saturated carbocycles. The molecule has 2 N–H and O–H groups in total. The number of amides is 1. The van der Waals surface area contributed by atoms with E-state index in [2.05, 4.69) is 27.5 Å². The first-order valence-corrected chi connectivity index (χ1v) is 8.66. The Balaban J connectivity index is 1.70. The Morgan fingerprint density at radius 3 is 2.22 bits per heavy atom. The number of benzene rings is 2. The van der Waals surface area contributed by atoms with Crippen LogP contribution in [-0.4, -0.2) is 21.7 Å². The summed E-state index contributed by atoms with van der Waals surface area (Å²) in [5.74, 6) is -0.0254. The fourth-order valence-corrected chi connectivity index (χ4v) is 2.48. The van der Waals surface area contributed by atoms with Crippen molar-refractivity contribution in [2.24, 2.45) is 0 Å². The summed E-state index contributed by atoms with van der Waals surface area (Å²) in [4.78, 5) is 32.2. The highest BCUT2D eigenvalue weighted by atomic mass is 16.2. The highest BCUT2D eigenvalue weighted by Crippen LogP contribution is 2.15. The summed E-state index contributed by atoms with van der Waals surface area (Å²) in [7, 11) is 0. The summed E-state index contributed by atoms with van der Waals surface area (Å²) < 4.78 is 0. The fraction of sp³-hybridized carbons (Fsp3) is 0.143. The van der Waals surface area contributed by atoms with Crippen LogP contribution < -0.4 is 10.6 Å². The first-order valence-electron chi connectivity index (χ1n) is 8.66. The molecule has 0 radical (unpaired) electrons. The standard InChI is InChI=1S/C21H20N4O2/c1-3-15-4-8-18(9-5-15)24-21-22-13-12-19(25-21)20(27)23-17-10-6-16(7-11-17)14(2)26/h4-13H,3H2,1-2H3,(H,23,27)(H,22,24,25). The molecule has 0 saturated heterocycles. The molecule has 0 atom stereocenters. The van der Waals surface area contributed by atoms with Crippen LogP contribution in [0.3, 0.4) is 0 Å². The van der Waals surface area contributed by atoms with Crippen molar-refractivity contribution in [3.63, 3.8) is 0 Å². The monoisotopic (exact) mass is 360 g/mol. The number of carbonyl (C=O) groups excluding carboxylic acids is 2. The van der Waals surface area contributed by atoms with Crippen molar-refractivity contribution < 1.29 is 9.59 Å². The van der Waals surface area contributed by atoms with Gasteiger partial charge in [0.15, 0.2) is 5.78 Å². The number of hydrogen-bond acceptors (Lipinski definition) is 5. The van der Waals surface area contributed by atoms with E-state index in [9.17, 15) is 9.59 Å². The van der Waals surface area contributed by atoms with Crippen molar-refractivity contribution in [2.75, 3.05) is 10.6 Å². The Morgan fingerprint density at radius 1 is 0.926 bits per heavy atom. The molecule has 0 bridgehead atoms.